The average Bonchev–Trinajstić information content (AvgIpc) is 2.41. The van der Waals surface area contributed by atoms with Crippen LogP contribution in [0.5, 0.6) is 0 Å². The van der Waals surface area contributed by atoms with Crippen LogP contribution in [0.3, 0.4) is 0 Å². The van der Waals surface area contributed by atoms with Crippen LogP contribution in [0.15, 0.2) is 24.3 Å². The minimum absolute atomic E-state index is 0.153. The molecule has 1 aromatic rings. The van der Waals surface area contributed by atoms with Crippen LogP contribution >= 0.6 is 0 Å². The summed E-state index contributed by atoms with van der Waals surface area (Å²) >= 11 is 0. The Morgan fingerprint density at radius 3 is 2.68 bits per heavy atom. The van der Waals surface area contributed by atoms with E-state index in [2.05, 4.69) is 31.1 Å². The van der Waals surface area contributed by atoms with Crippen LogP contribution in [0, 0.1) is 5.82 Å². The second-order valence-corrected chi connectivity index (χ2v) is 5.11. The second-order valence-electron chi connectivity index (χ2n) is 5.11. The highest BCUT2D eigenvalue weighted by Gasteiger charge is 2.11. The lowest BCUT2D eigenvalue weighted by atomic mass is 10.0. The molecule has 108 valence electrons. The second kappa shape index (κ2) is 9.05. The standard InChI is InChI=1S/C16H27FN2/c1-4-6-11-19(3)12-10-16(18-5-2)14-8-7-9-15(17)13-14/h7-9,13,16,18H,4-6,10-12H2,1-3H3. The number of benzene rings is 1. The van der Waals surface area contributed by atoms with Crippen LogP contribution in [-0.4, -0.2) is 31.6 Å². The van der Waals surface area contributed by atoms with Crippen LogP contribution in [0.1, 0.15) is 44.7 Å². The number of nitrogens with zero attached hydrogens (tertiary/aromatic N) is 1. The highest BCUT2D eigenvalue weighted by Crippen LogP contribution is 2.18. The van der Waals surface area contributed by atoms with Gasteiger partial charge in [-0.2, -0.15) is 0 Å². The molecule has 1 aromatic carbocycles. The van der Waals surface area contributed by atoms with Crippen molar-refractivity contribution >= 4 is 0 Å². The molecule has 0 bridgehead atoms. The molecule has 1 unspecified atom stereocenters. The first-order valence-electron chi connectivity index (χ1n) is 7.34. The number of rotatable bonds is 9. The topological polar surface area (TPSA) is 15.3 Å². The molecule has 0 aliphatic heterocycles. The molecule has 0 radical (unpaired) electrons. The highest BCUT2D eigenvalue weighted by molar-refractivity contribution is 5.20. The minimum Gasteiger partial charge on any atom is -0.310 e. The van der Waals surface area contributed by atoms with Gasteiger partial charge in [0.1, 0.15) is 5.82 Å². The highest BCUT2D eigenvalue weighted by atomic mass is 19.1. The van der Waals surface area contributed by atoms with Crippen LogP contribution < -0.4 is 5.32 Å². The first kappa shape index (κ1) is 16.1. The Labute approximate surface area is 117 Å². The Kier molecular flexibility index (Phi) is 7.68. The molecule has 19 heavy (non-hydrogen) atoms. The summed E-state index contributed by atoms with van der Waals surface area (Å²) in [7, 11) is 2.16. The van der Waals surface area contributed by atoms with Crippen molar-refractivity contribution in [1.29, 1.82) is 0 Å². The molecular formula is C16H27FN2. The smallest absolute Gasteiger partial charge is 0.123 e. The maximum Gasteiger partial charge on any atom is 0.123 e. The van der Waals surface area contributed by atoms with Crippen molar-refractivity contribution < 1.29 is 4.39 Å². The van der Waals surface area contributed by atoms with Gasteiger partial charge in [0.05, 0.1) is 0 Å². The average molecular weight is 266 g/mol. The van der Waals surface area contributed by atoms with Crippen LogP contribution in [0.2, 0.25) is 0 Å². The van der Waals surface area contributed by atoms with Crippen LogP contribution in [-0.2, 0) is 0 Å². The van der Waals surface area contributed by atoms with Crippen molar-refractivity contribution in [1.82, 2.24) is 10.2 Å². The molecule has 0 saturated carbocycles. The zero-order valence-corrected chi connectivity index (χ0v) is 12.5. The van der Waals surface area contributed by atoms with E-state index in [1.165, 1.54) is 18.9 Å². The molecule has 1 rings (SSSR count). The van der Waals surface area contributed by atoms with E-state index in [1.54, 1.807) is 12.1 Å². The summed E-state index contributed by atoms with van der Waals surface area (Å²) in [5.74, 6) is -0.153. The van der Waals surface area contributed by atoms with E-state index in [0.29, 0.717) is 0 Å². The molecule has 1 N–H and O–H groups in total. The molecule has 0 heterocycles. The number of hydrogen-bond acceptors (Lipinski definition) is 2. The van der Waals surface area contributed by atoms with E-state index in [0.717, 1.165) is 31.6 Å². The van der Waals surface area contributed by atoms with E-state index in [9.17, 15) is 4.39 Å². The molecular weight excluding hydrogens is 239 g/mol. The van der Waals surface area contributed by atoms with E-state index < -0.39 is 0 Å². The predicted molar refractivity (Wildman–Crippen MR) is 79.8 cm³/mol. The Hall–Kier alpha value is -0.930. The monoisotopic (exact) mass is 266 g/mol. The van der Waals surface area contributed by atoms with Gasteiger partial charge in [-0.25, -0.2) is 4.39 Å². The van der Waals surface area contributed by atoms with Crippen LogP contribution in [0.4, 0.5) is 4.39 Å². The summed E-state index contributed by atoms with van der Waals surface area (Å²) in [6.45, 7) is 7.38. The quantitative estimate of drug-likeness (QED) is 0.734. The molecule has 0 amide bonds. The van der Waals surface area contributed by atoms with Gasteiger partial charge in [-0.15, -0.1) is 0 Å². The fraction of sp³-hybridized carbons (Fsp3) is 0.625. The molecule has 0 aliphatic carbocycles. The van der Waals surface area contributed by atoms with Crippen molar-refractivity contribution in [2.75, 3.05) is 26.7 Å². The third kappa shape index (κ3) is 6.17. The minimum atomic E-state index is -0.153. The fourth-order valence-corrected chi connectivity index (χ4v) is 2.25. The van der Waals surface area contributed by atoms with Crippen molar-refractivity contribution in [3.05, 3.63) is 35.6 Å². The molecule has 3 heteroatoms. The van der Waals surface area contributed by atoms with E-state index in [1.807, 2.05) is 6.07 Å². The van der Waals surface area contributed by atoms with Gasteiger partial charge in [-0.3, -0.25) is 0 Å². The first-order valence-corrected chi connectivity index (χ1v) is 7.34. The summed E-state index contributed by atoms with van der Waals surface area (Å²) in [4.78, 5) is 2.35. The van der Waals surface area contributed by atoms with Gasteiger partial charge in [0.25, 0.3) is 0 Å². The van der Waals surface area contributed by atoms with Crippen LogP contribution in [0.25, 0.3) is 0 Å². The fourth-order valence-electron chi connectivity index (χ4n) is 2.25. The first-order chi connectivity index (χ1) is 9.17. The molecule has 2 nitrogen and oxygen atoms in total. The van der Waals surface area contributed by atoms with Gasteiger partial charge < -0.3 is 10.2 Å². The van der Waals surface area contributed by atoms with Gasteiger partial charge in [0.2, 0.25) is 0 Å². The van der Waals surface area contributed by atoms with E-state index in [4.69, 9.17) is 0 Å². The number of halogens is 1. The Morgan fingerprint density at radius 1 is 1.26 bits per heavy atom. The third-order valence-corrected chi connectivity index (χ3v) is 3.39. The zero-order chi connectivity index (χ0) is 14.1. The lowest BCUT2D eigenvalue weighted by Gasteiger charge is -2.22. The van der Waals surface area contributed by atoms with Crippen molar-refractivity contribution in [3.8, 4) is 0 Å². The van der Waals surface area contributed by atoms with Crippen molar-refractivity contribution in [2.24, 2.45) is 0 Å². The molecule has 0 saturated heterocycles. The molecule has 0 aliphatic rings. The predicted octanol–water partition coefficient (Wildman–Crippen LogP) is 3.60. The Balaban J connectivity index is 2.53. The molecule has 0 aromatic heterocycles. The zero-order valence-electron chi connectivity index (χ0n) is 12.5. The summed E-state index contributed by atoms with van der Waals surface area (Å²) in [5.41, 5.74) is 1.05. The number of nitrogens with one attached hydrogen (secondary N) is 1. The lowest BCUT2D eigenvalue weighted by Crippen LogP contribution is -2.28. The summed E-state index contributed by atoms with van der Waals surface area (Å²) in [5, 5.41) is 3.44. The largest absolute Gasteiger partial charge is 0.310 e. The molecule has 0 fully saturated rings. The maximum atomic E-state index is 13.3. The summed E-state index contributed by atoms with van der Waals surface area (Å²) in [6.07, 6.45) is 3.48. The molecule has 0 spiro atoms. The summed E-state index contributed by atoms with van der Waals surface area (Å²) < 4.78 is 13.3. The third-order valence-electron chi connectivity index (χ3n) is 3.39. The van der Waals surface area contributed by atoms with Gasteiger partial charge in [0.15, 0.2) is 0 Å². The van der Waals surface area contributed by atoms with Crippen molar-refractivity contribution in [2.45, 2.75) is 39.2 Å². The van der Waals surface area contributed by atoms with E-state index in [-0.39, 0.29) is 11.9 Å². The maximum absolute atomic E-state index is 13.3. The van der Waals surface area contributed by atoms with Gasteiger partial charge in [0, 0.05) is 6.04 Å². The van der Waals surface area contributed by atoms with Gasteiger partial charge >= 0.3 is 0 Å². The Bertz CT molecular complexity index is 354. The van der Waals surface area contributed by atoms with Crippen molar-refractivity contribution in [3.63, 3.8) is 0 Å². The summed E-state index contributed by atoms with van der Waals surface area (Å²) in [6, 6.07) is 7.17. The molecule has 1 atom stereocenters. The van der Waals surface area contributed by atoms with Gasteiger partial charge in [-0.05, 0) is 57.2 Å². The lowest BCUT2D eigenvalue weighted by molar-refractivity contribution is 0.303. The number of hydrogen-bond donors (Lipinski definition) is 1. The van der Waals surface area contributed by atoms with E-state index >= 15 is 0 Å². The SMILES string of the molecule is CCCCN(C)CCC(NCC)c1cccc(F)c1. The normalized spacial score (nSPS) is 12.9. The number of unbranched alkanes of at least 4 members (excludes halogenated alkanes) is 1. The van der Waals surface area contributed by atoms with Gasteiger partial charge in [-0.1, -0.05) is 32.4 Å². The Morgan fingerprint density at radius 2 is 2.05 bits per heavy atom.